The van der Waals surface area contributed by atoms with Crippen LogP contribution in [-0.4, -0.2) is 33.7 Å². The Kier molecular flexibility index (Phi) is 4.12. The van der Waals surface area contributed by atoms with Gasteiger partial charge in [-0.2, -0.15) is 0 Å². The number of hydrogen-bond acceptors (Lipinski definition) is 3. The molecule has 1 aromatic rings. The van der Waals surface area contributed by atoms with Crippen LogP contribution in [0, 0.1) is 0 Å². The van der Waals surface area contributed by atoms with Gasteiger partial charge in [-0.25, -0.2) is 0 Å². The third-order valence-electron chi connectivity index (χ3n) is 2.16. The summed E-state index contributed by atoms with van der Waals surface area (Å²) in [4.78, 5) is 13.1. The van der Waals surface area contributed by atoms with Crippen molar-refractivity contribution in [2.24, 2.45) is 0 Å². The van der Waals surface area contributed by atoms with E-state index in [0.29, 0.717) is 6.54 Å². The highest BCUT2D eigenvalue weighted by Gasteiger charge is 2.08. The molecule has 0 unspecified atom stereocenters. The molecule has 0 spiro atoms. The number of rotatable bonds is 4. The van der Waals surface area contributed by atoms with Crippen molar-refractivity contribution in [3.63, 3.8) is 0 Å². The summed E-state index contributed by atoms with van der Waals surface area (Å²) in [5.74, 6) is 0.816. The molecule has 0 atom stereocenters. The first-order valence-electron chi connectivity index (χ1n) is 4.74. The molecule has 82 valence electrons. The van der Waals surface area contributed by atoms with Crippen LogP contribution in [0.4, 0.5) is 5.69 Å². The van der Waals surface area contributed by atoms with Crippen LogP contribution in [0.15, 0.2) is 24.3 Å². The molecule has 0 fully saturated rings. The fourth-order valence-electron chi connectivity index (χ4n) is 1.22. The molecular formula is C11H16N2O2. The number of benzene rings is 1. The predicted molar refractivity (Wildman–Crippen MR) is 60.3 cm³/mol. The van der Waals surface area contributed by atoms with E-state index in [-0.39, 0.29) is 5.91 Å². The number of ether oxygens (including phenoxy) is 1. The fraction of sp³-hybridized carbons (Fsp3) is 0.364. The van der Waals surface area contributed by atoms with E-state index in [2.05, 4.69) is 5.32 Å². The van der Waals surface area contributed by atoms with Crippen LogP contribution in [0.1, 0.15) is 0 Å². The van der Waals surface area contributed by atoms with Crippen molar-refractivity contribution in [3.05, 3.63) is 24.3 Å². The average Bonchev–Trinajstić information content (AvgIpc) is 2.28. The van der Waals surface area contributed by atoms with Gasteiger partial charge in [-0.3, -0.25) is 4.79 Å². The second kappa shape index (κ2) is 5.36. The Labute approximate surface area is 89.8 Å². The van der Waals surface area contributed by atoms with Crippen LogP contribution < -0.4 is 15.0 Å². The van der Waals surface area contributed by atoms with Gasteiger partial charge in [0, 0.05) is 12.7 Å². The second-order valence-electron chi connectivity index (χ2n) is 3.18. The van der Waals surface area contributed by atoms with E-state index in [9.17, 15) is 4.79 Å². The minimum absolute atomic E-state index is 0.0302. The van der Waals surface area contributed by atoms with Crippen LogP contribution in [0.5, 0.6) is 5.75 Å². The molecule has 1 rings (SSSR count). The number of carbonyl (C=O) groups excluding carboxylic acids is 1. The number of carbonyl (C=O) groups is 1. The van der Waals surface area contributed by atoms with Gasteiger partial charge in [-0.05, 0) is 31.3 Å². The number of hydrogen-bond donors (Lipinski definition) is 1. The fourth-order valence-corrected chi connectivity index (χ4v) is 1.22. The van der Waals surface area contributed by atoms with Crippen LogP contribution in [0.2, 0.25) is 0 Å². The maximum atomic E-state index is 11.5. The molecule has 4 heteroatoms. The molecule has 0 aliphatic rings. The molecule has 1 N–H and O–H groups in total. The van der Waals surface area contributed by atoms with Crippen molar-refractivity contribution in [2.75, 3.05) is 32.6 Å². The van der Waals surface area contributed by atoms with Gasteiger partial charge in [0.15, 0.2) is 0 Å². The van der Waals surface area contributed by atoms with Gasteiger partial charge in [-0.15, -0.1) is 0 Å². The monoisotopic (exact) mass is 208 g/mol. The Morgan fingerprint density at radius 3 is 2.47 bits per heavy atom. The van der Waals surface area contributed by atoms with E-state index >= 15 is 0 Å². The van der Waals surface area contributed by atoms with Crippen molar-refractivity contribution in [1.29, 1.82) is 0 Å². The largest absolute Gasteiger partial charge is 0.497 e. The SMILES string of the molecule is CNCC(=O)N(C)c1ccc(OC)cc1. The third kappa shape index (κ3) is 2.95. The number of likely N-dealkylation sites (N-methyl/N-ethyl adjacent to an activating group) is 2. The summed E-state index contributed by atoms with van der Waals surface area (Å²) in [6, 6.07) is 7.37. The lowest BCUT2D eigenvalue weighted by atomic mass is 10.3. The predicted octanol–water partition coefficient (Wildman–Crippen LogP) is 0.877. The third-order valence-corrected chi connectivity index (χ3v) is 2.16. The summed E-state index contributed by atoms with van der Waals surface area (Å²) in [7, 11) is 5.12. The molecule has 4 nitrogen and oxygen atoms in total. The van der Waals surface area contributed by atoms with Gasteiger partial charge in [0.05, 0.1) is 13.7 Å². The van der Waals surface area contributed by atoms with E-state index in [0.717, 1.165) is 11.4 Å². The van der Waals surface area contributed by atoms with Crippen molar-refractivity contribution in [1.82, 2.24) is 5.32 Å². The topological polar surface area (TPSA) is 41.6 Å². The zero-order valence-electron chi connectivity index (χ0n) is 9.28. The average molecular weight is 208 g/mol. The first kappa shape index (κ1) is 11.5. The molecule has 0 radical (unpaired) electrons. The molecular weight excluding hydrogens is 192 g/mol. The second-order valence-corrected chi connectivity index (χ2v) is 3.18. The molecule has 0 saturated heterocycles. The molecule has 0 aliphatic carbocycles. The van der Waals surface area contributed by atoms with E-state index < -0.39 is 0 Å². The highest BCUT2D eigenvalue weighted by atomic mass is 16.5. The summed E-state index contributed by atoms with van der Waals surface area (Å²) in [5.41, 5.74) is 0.857. The van der Waals surface area contributed by atoms with E-state index in [4.69, 9.17) is 4.74 Å². The lowest BCUT2D eigenvalue weighted by Gasteiger charge is -2.17. The first-order chi connectivity index (χ1) is 7.19. The van der Waals surface area contributed by atoms with Crippen molar-refractivity contribution in [3.8, 4) is 5.75 Å². The Bertz CT molecular complexity index is 322. The molecule has 15 heavy (non-hydrogen) atoms. The van der Waals surface area contributed by atoms with Crippen molar-refractivity contribution >= 4 is 11.6 Å². The Morgan fingerprint density at radius 1 is 1.40 bits per heavy atom. The summed E-state index contributed by atoms with van der Waals surface area (Å²) < 4.78 is 5.04. The Morgan fingerprint density at radius 2 is 2.00 bits per heavy atom. The van der Waals surface area contributed by atoms with Gasteiger partial charge in [0.25, 0.3) is 0 Å². The number of amides is 1. The first-order valence-corrected chi connectivity index (χ1v) is 4.74. The number of anilines is 1. The molecule has 1 aromatic carbocycles. The molecule has 0 aliphatic heterocycles. The van der Waals surface area contributed by atoms with Crippen LogP contribution in [0.25, 0.3) is 0 Å². The zero-order chi connectivity index (χ0) is 11.3. The van der Waals surface area contributed by atoms with Gasteiger partial charge in [0.2, 0.25) is 5.91 Å². The smallest absolute Gasteiger partial charge is 0.240 e. The number of nitrogens with one attached hydrogen (secondary N) is 1. The number of methoxy groups -OCH3 is 1. The molecule has 1 amide bonds. The maximum Gasteiger partial charge on any atom is 0.240 e. The zero-order valence-corrected chi connectivity index (χ0v) is 9.28. The van der Waals surface area contributed by atoms with Crippen molar-refractivity contribution in [2.45, 2.75) is 0 Å². The van der Waals surface area contributed by atoms with Gasteiger partial charge in [-0.1, -0.05) is 0 Å². The van der Waals surface area contributed by atoms with Crippen LogP contribution in [-0.2, 0) is 4.79 Å². The Balaban J connectivity index is 2.73. The maximum absolute atomic E-state index is 11.5. The lowest BCUT2D eigenvalue weighted by Crippen LogP contribution is -2.33. The van der Waals surface area contributed by atoms with Gasteiger partial charge >= 0.3 is 0 Å². The van der Waals surface area contributed by atoms with E-state index in [1.807, 2.05) is 24.3 Å². The summed E-state index contributed by atoms with van der Waals surface area (Å²) >= 11 is 0. The minimum Gasteiger partial charge on any atom is -0.497 e. The normalized spacial score (nSPS) is 9.80. The summed E-state index contributed by atoms with van der Waals surface area (Å²) in [6.07, 6.45) is 0. The van der Waals surface area contributed by atoms with Crippen LogP contribution >= 0.6 is 0 Å². The summed E-state index contributed by atoms with van der Waals surface area (Å²) in [6.45, 7) is 0.336. The highest BCUT2D eigenvalue weighted by Crippen LogP contribution is 2.17. The van der Waals surface area contributed by atoms with Crippen molar-refractivity contribution < 1.29 is 9.53 Å². The quantitative estimate of drug-likeness (QED) is 0.798. The standard InChI is InChI=1S/C11H16N2O2/c1-12-8-11(14)13(2)9-4-6-10(15-3)7-5-9/h4-7,12H,8H2,1-3H3. The Hall–Kier alpha value is -1.55. The molecule has 0 bridgehead atoms. The van der Waals surface area contributed by atoms with Crippen LogP contribution in [0.3, 0.4) is 0 Å². The van der Waals surface area contributed by atoms with E-state index in [1.54, 1.807) is 26.1 Å². The lowest BCUT2D eigenvalue weighted by molar-refractivity contribution is -0.117. The summed E-state index contributed by atoms with van der Waals surface area (Å²) in [5, 5.41) is 2.82. The van der Waals surface area contributed by atoms with Gasteiger partial charge in [0.1, 0.15) is 5.75 Å². The molecule has 0 aromatic heterocycles. The minimum atomic E-state index is 0.0302. The van der Waals surface area contributed by atoms with E-state index in [1.165, 1.54) is 0 Å². The molecule has 0 saturated carbocycles. The van der Waals surface area contributed by atoms with Gasteiger partial charge < -0.3 is 15.0 Å². The number of nitrogens with zero attached hydrogens (tertiary/aromatic N) is 1. The molecule has 0 heterocycles. The highest BCUT2D eigenvalue weighted by molar-refractivity contribution is 5.94.